The summed E-state index contributed by atoms with van der Waals surface area (Å²) in [7, 11) is 0. The number of hydrogen-bond donors (Lipinski definition) is 0. The molecule has 0 unspecified atom stereocenters. The largest absolute Gasteiger partial charge is 0.356 e. The summed E-state index contributed by atoms with van der Waals surface area (Å²) in [6.45, 7) is 7.96. The van der Waals surface area contributed by atoms with Gasteiger partial charge in [-0.25, -0.2) is 0 Å². The molecule has 3 heteroatoms. The van der Waals surface area contributed by atoms with E-state index in [9.17, 15) is 0 Å². The molecular weight excluding hydrogens is 254 g/mol. The number of nitrogens with zero attached hydrogens (tertiary/aromatic N) is 1. The Morgan fingerprint density at radius 3 is 2.73 bits per heavy atom. The van der Waals surface area contributed by atoms with Crippen LogP contribution in [0.1, 0.15) is 19.6 Å². The maximum absolute atomic E-state index is 5.12. The zero-order chi connectivity index (χ0) is 11.3. The van der Waals surface area contributed by atoms with Crippen LogP contribution in [-0.4, -0.2) is 10.5 Å². The highest BCUT2D eigenvalue weighted by molar-refractivity contribution is 9.09. The maximum Gasteiger partial charge on any atom is 0.166 e. The van der Waals surface area contributed by atoms with Crippen LogP contribution in [0.2, 0.25) is 0 Å². The van der Waals surface area contributed by atoms with Gasteiger partial charge in [-0.2, -0.15) is 0 Å². The van der Waals surface area contributed by atoms with Crippen LogP contribution in [0.3, 0.4) is 0 Å². The van der Waals surface area contributed by atoms with Crippen LogP contribution >= 0.6 is 15.9 Å². The number of aromatic nitrogens is 1. The van der Waals surface area contributed by atoms with E-state index in [-0.39, 0.29) is 0 Å². The fraction of sp³-hybridized carbons (Fsp3) is 0.250. The van der Waals surface area contributed by atoms with Crippen molar-refractivity contribution in [1.82, 2.24) is 5.16 Å². The van der Waals surface area contributed by atoms with Crippen LogP contribution < -0.4 is 0 Å². The van der Waals surface area contributed by atoms with Crippen molar-refractivity contribution < 1.29 is 4.52 Å². The van der Waals surface area contributed by atoms with Crippen LogP contribution in [-0.2, 0) is 0 Å². The van der Waals surface area contributed by atoms with E-state index in [1.54, 1.807) is 6.20 Å². The molecule has 0 amide bonds. The normalized spacial score (nSPS) is 10.6. The van der Waals surface area contributed by atoms with Gasteiger partial charge >= 0.3 is 0 Å². The van der Waals surface area contributed by atoms with Gasteiger partial charge in [0.1, 0.15) is 0 Å². The number of halogens is 1. The zero-order valence-corrected chi connectivity index (χ0v) is 10.5. The minimum Gasteiger partial charge on any atom is -0.356 e. The first-order valence-electron chi connectivity index (χ1n) is 4.65. The van der Waals surface area contributed by atoms with Gasteiger partial charge in [-0.1, -0.05) is 45.4 Å². The summed E-state index contributed by atoms with van der Waals surface area (Å²) in [5, 5.41) is 4.47. The first kappa shape index (κ1) is 12.0. The molecule has 1 aromatic heterocycles. The third kappa shape index (κ3) is 3.51. The Morgan fingerprint density at radius 1 is 1.53 bits per heavy atom. The Morgan fingerprint density at radius 2 is 2.27 bits per heavy atom. The number of allylic oxidation sites excluding steroid dienone is 5. The topological polar surface area (TPSA) is 26.0 Å². The van der Waals surface area contributed by atoms with E-state index in [2.05, 4.69) is 27.7 Å². The van der Waals surface area contributed by atoms with E-state index in [0.29, 0.717) is 0 Å². The molecule has 0 aliphatic carbocycles. The molecule has 0 radical (unpaired) electrons. The van der Waals surface area contributed by atoms with Gasteiger partial charge in [-0.15, -0.1) is 0 Å². The summed E-state index contributed by atoms with van der Waals surface area (Å²) in [4.78, 5) is 0. The molecule has 0 saturated heterocycles. The quantitative estimate of drug-likeness (QED) is 0.610. The molecule has 1 rings (SSSR count). The summed E-state index contributed by atoms with van der Waals surface area (Å²) >= 11 is 3.35. The minimum atomic E-state index is 0.774. The standard InChI is InChI=1S/C12H14BrNO/c1-9(2)11(5-4-10(3)8-13)12-6-7-14-15-12/h4-7H,3,8H2,1-2H3/b5-4-. The molecule has 1 heterocycles. The molecule has 0 fully saturated rings. The van der Waals surface area contributed by atoms with Crippen molar-refractivity contribution in [3.05, 3.63) is 47.9 Å². The fourth-order valence-electron chi connectivity index (χ4n) is 1.10. The highest BCUT2D eigenvalue weighted by atomic mass is 79.9. The second kappa shape index (κ2) is 5.71. The number of hydrogen-bond acceptors (Lipinski definition) is 2. The Balaban J connectivity index is 2.93. The van der Waals surface area contributed by atoms with Gasteiger partial charge in [0.2, 0.25) is 0 Å². The van der Waals surface area contributed by atoms with Crippen LogP contribution in [0.5, 0.6) is 0 Å². The van der Waals surface area contributed by atoms with E-state index in [4.69, 9.17) is 4.52 Å². The molecule has 0 N–H and O–H groups in total. The van der Waals surface area contributed by atoms with Crippen molar-refractivity contribution in [3.63, 3.8) is 0 Å². The molecular formula is C12H14BrNO. The van der Waals surface area contributed by atoms with E-state index >= 15 is 0 Å². The lowest BCUT2D eigenvalue weighted by Gasteiger charge is -2.00. The molecule has 0 aliphatic rings. The second-order valence-electron chi connectivity index (χ2n) is 3.42. The van der Waals surface area contributed by atoms with E-state index < -0.39 is 0 Å². The van der Waals surface area contributed by atoms with Crippen molar-refractivity contribution in [2.24, 2.45) is 0 Å². The summed E-state index contributed by atoms with van der Waals surface area (Å²) in [6.07, 6.45) is 5.62. The van der Waals surface area contributed by atoms with Crippen molar-refractivity contribution in [1.29, 1.82) is 0 Å². The average Bonchev–Trinajstić information content (AvgIpc) is 2.70. The highest BCUT2D eigenvalue weighted by Crippen LogP contribution is 2.20. The lowest BCUT2D eigenvalue weighted by atomic mass is 10.1. The van der Waals surface area contributed by atoms with Crippen molar-refractivity contribution in [2.45, 2.75) is 13.8 Å². The third-order valence-corrected chi connectivity index (χ3v) is 2.62. The van der Waals surface area contributed by atoms with Gasteiger partial charge in [0.25, 0.3) is 0 Å². The Bertz CT molecular complexity index is 384. The van der Waals surface area contributed by atoms with Crippen molar-refractivity contribution >= 4 is 21.5 Å². The first-order chi connectivity index (χ1) is 7.15. The van der Waals surface area contributed by atoms with Gasteiger partial charge in [0, 0.05) is 17.0 Å². The molecule has 80 valence electrons. The summed E-state index contributed by atoms with van der Waals surface area (Å²) < 4.78 is 5.12. The van der Waals surface area contributed by atoms with E-state index in [1.165, 1.54) is 5.57 Å². The molecule has 0 aromatic carbocycles. The fourth-order valence-corrected chi connectivity index (χ4v) is 1.28. The van der Waals surface area contributed by atoms with Gasteiger partial charge in [0.05, 0.1) is 6.20 Å². The number of rotatable bonds is 4. The van der Waals surface area contributed by atoms with Gasteiger partial charge in [-0.05, 0) is 19.4 Å². The molecule has 1 aromatic rings. The van der Waals surface area contributed by atoms with Crippen LogP contribution in [0.15, 0.2) is 46.7 Å². The molecule has 0 bridgehead atoms. The SMILES string of the molecule is C=C(/C=C\C(=C(C)C)c1ccno1)CBr. The van der Waals surface area contributed by atoms with E-state index in [1.807, 2.05) is 32.1 Å². The number of alkyl halides is 1. The van der Waals surface area contributed by atoms with E-state index in [0.717, 1.165) is 22.2 Å². The van der Waals surface area contributed by atoms with Gasteiger partial charge in [0.15, 0.2) is 5.76 Å². The first-order valence-corrected chi connectivity index (χ1v) is 5.77. The second-order valence-corrected chi connectivity index (χ2v) is 3.98. The average molecular weight is 268 g/mol. The lowest BCUT2D eigenvalue weighted by molar-refractivity contribution is 0.410. The Labute approximate surface area is 98.5 Å². The minimum absolute atomic E-state index is 0.774. The molecule has 0 saturated carbocycles. The van der Waals surface area contributed by atoms with Gasteiger partial charge < -0.3 is 4.52 Å². The Hall–Kier alpha value is -1.09. The Kier molecular flexibility index (Phi) is 4.56. The lowest BCUT2D eigenvalue weighted by Crippen LogP contribution is -1.82. The maximum atomic E-state index is 5.12. The summed E-state index contributed by atoms with van der Waals surface area (Å²) in [6, 6.07) is 1.85. The third-order valence-electron chi connectivity index (χ3n) is 1.90. The smallest absolute Gasteiger partial charge is 0.166 e. The highest BCUT2D eigenvalue weighted by Gasteiger charge is 2.03. The predicted molar refractivity (Wildman–Crippen MR) is 66.8 cm³/mol. The predicted octanol–water partition coefficient (Wildman–Crippen LogP) is 3.98. The molecule has 15 heavy (non-hydrogen) atoms. The molecule has 0 spiro atoms. The zero-order valence-electron chi connectivity index (χ0n) is 8.96. The van der Waals surface area contributed by atoms with Crippen molar-refractivity contribution in [3.8, 4) is 0 Å². The molecule has 0 atom stereocenters. The van der Waals surface area contributed by atoms with Crippen LogP contribution in [0.25, 0.3) is 5.57 Å². The summed E-state index contributed by atoms with van der Waals surface area (Å²) in [5.74, 6) is 0.786. The molecule has 2 nitrogen and oxygen atoms in total. The van der Waals surface area contributed by atoms with Crippen LogP contribution in [0.4, 0.5) is 0 Å². The monoisotopic (exact) mass is 267 g/mol. The summed E-state index contributed by atoms with van der Waals surface area (Å²) in [5.41, 5.74) is 3.26. The molecule has 0 aliphatic heterocycles. The van der Waals surface area contributed by atoms with Gasteiger partial charge in [-0.3, -0.25) is 0 Å². The van der Waals surface area contributed by atoms with Crippen LogP contribution in [0, 0.1) is 0 Å². The van der Waals surface area contributed by atoms with Crippen molar-refractivity contribution in [2.75, 3.05) is 5.33 Å².